The van der Waals surface area contributed by atoms with Crippen LogP contribution in [0.1, 0.15) is 74.6 Å². The summed E-state index contributed by atoms with van der Waals surface area (Å²) in [4.78, 5) is 39.1. The van der Waals surface area contributed by atoms with E-state index in [1.165, 1.54) is 16.9 Å². The van der Waals surface area contributed by atoms with Gasteiger partial charge in [0.15, 0.2) is 0 Å². The van der Waals surface area contributed by atoms with Crippen LogP contribution in [0.2, 0.25) is 5.15 Å². The van der Waals surface area contributed by atoms with Crippen LogP contribution in [0.4, 0.5) is 10.1 Å². The van der Waals surface area contributed by atoms with Crippen LogP contribution in [0.5, 0.6) is 0 Å². The highest BCUT2D eigenvalue weighted by Gasteiger charge is 2.48. The predicted octanol–water partition coefficient (Wildman–Crippen LogP) is 3.32. The monoisotopic (exact) mass is 544 g/mol. The Morgan fingerprint density at radius 3 is 2.50 bits per heavy atom. The summed E-state index contributed by atoms with van der Waals surface area (Å²) in [5.41, 5.74) is -0.0317. The van der Waals surface area contributed by atoms with Crippen LogP contribution in [0.3, 0.4) is 0 Å². The zero-order valence-corrected chi connectivity index (χ0v) is 22.1. The van der Waals surface area contributed by atoms with Gasteiger partial charge in [-0.05, 0) is 76.3 Å². The summed E-state index contributed by atoms with van der Waals surface area (Å²) in [6, 6.07) is 1.43. The highest BCUT2D eigenvalue weighted by molar-refractivity contribution is 6.29. The summed E-state index contributed by atoms with van der Waals surface area (Å²) < 4.78 is 17.7. The van der Waals surface area contributed by atoms with Gasteiger partial charge in [-0.15, -0.1) is 5.10 Å². The van der Waals surface area contributed by atoms with Gasteiger partial charge in [0.2, 0.25) is 5.91 Å². The number of anilines is 1. The molecule has 0 radical (unpaired) electrons. The van der Waals surface area contributed by atoms with Crippen molar-refractivity contribution in [3.63, 3.8) is 0 Å². The number of aromatic nitrogens is 6. The molecule has 0 aliphatic heterocycles. The number of nitrogens with zero attached hydrogens (tertiary/aromatic N) is 5. The number of halogens is 2. The van der Waals surface area contributed by atoms with Gasteiger partial charge in [0.25, 0.3) is 17.4 Å². The molecule has 3 aromatic rings. The van der Waals surface area contributed by atoms with Gasteiger partial charge in [-0.2, -0.15) is 14.6 Å². The lowest BCUT2D eigenvalue weighted by Crippen LogP contribution is -2.50. The number of H-pyrrole nitrogens is 1. The second kappa shape index (κ2) is 10.3. The third-order valence-corrected chi connectivity index (χ3v) is 7.47. The SMILES string of the molecule is CC(C)n1nccc1C(=O)N[C@H](C(=O)Nc1cn([C@H](C)c2cc(Cl)n[nH]c2=O)nc1F)C(C1CC1)C1CC1. The molecule has 0 unspecified atom stereocenters. The average Bonchev–Trinajstić information content (AvgIpc) is 3.81. The Labute approximate surface area is 223 Å². The quantitative estimate of drug-likeness (QED) is 0.358. The van der Waals surface area contributed by atoms with Crippen molar-refractivity contribution in [1.82, 2.24) is 35.1 Å². The molecule has 0 spiro atoms. The van der Waals surface area contributed by atoms with Crippen molar-refractivity contribution in [3.05, 3.63) is 57.2 Å². The molecule has 2 aliphatic carbocycles. The Morgan fingerprint density at radius 2 is 1.87 bits per heavy atom. The first-order valence-corrected chi connectivity index (χ1v) is 13.2. The maximum Gasteiger partial charge on any atom is 0.270 e. The fourth-order valence-electron chi connectivity index (χ4n) is 5.06. The number of hydrogen-bond donors (Lipinski definition) is 3. The van der Waals surface area contributed by atoms with Crippen LogP contribution in [-0.2, 0) is 4.79 Å². The summed E-state index contributed by atoms with van der Waals surface area (Å²) >= 11 is 5.90. The van der Waals surface area contributed by atoms with Crippen molar-refractivity contribution in [3.8, 4) is 0 Å². The summed E-state index contributed by atoms with van der Waals surface area (Å²) in [6.45, 7) is 5.48. The molecule has 5 rings (SSSR count). The fourth-order valence-corrected chi connectivity index (χ4v) is 5.22. The van der Waals surface area contributed by atoms with Gasteiger partial charge in [0.1, 0.15) is 22.6 Å². The zero-order chi connectivity index (χ0) is 27.1. The first-order valence-electron chi connectivity index (χ1n) is 12.8. The Morgan fingerprint density at radius 1 is 1.18 bits per heavy atom. The highest BCUT2D eigenvalue weighted by Crippen LogP contribution is 2.51. The van der Waals surface area contributed by atoms with E-state index in [0.717, 1.165) is 25.7 Å². The van der Waals surface area contributed by atoms with Gasteiger partial charge in [0.05, 0.1) is 12.2 Å². The molecule has 3 N–H and O–H groups in total. The summed E-state index contributed by atoms with van der Waals surface area (Å²) in [6.07, 6.45) is 6.86. The molecule has 0 aromatic carbocycles. The third-order valence-electron chi connectivity index (χ3n) is 7.27. The smallest absolute Gasteiger partial charge is 0.270 e. The van der Waals surface area contributed by atoms with Crippen molar-refractivity contribution >= 4 is 29.1 Å². The molecule has 202 valence electrons. The first kappa shape index (κ1) is 26.1. The molecule has 2 atom stereocenters. The lowest BCUT2D eigenvalue weighted by Gasteiger charge is -2.27. The van der Waals surface area contributed by atoms with Gasteiger partial charge >= 0.3 is 0 Å². The molecule has 11 nitrogen and oxygen atoms in total. The summed E-state index contributed by atoms with van der Waals surface area (Å²) in [7, 11) is 0. The van der Waals surface area contributed by atoms with Crippen molar-refractivity contribution in [2.24, 2.45) is 17.8 Å². The van der Waals surface area contributed by atoms with Gasteiger partial charge in [-0.3, -0.25) is 23.7 Å². The molecule has 2 aliphatic rings. The van der Waals surface area contributed by atoms with Crippen LogP contribution in [-0.4, -0.2) is 47.6 Å². The second-order valence-corrected chi connectivity index (χ2v) is 10.8. The standard InChI is InChI=1S/C25H30ClFN8O3/c1-12(2)35-18(8-9-28-35)24(37)30-21(20(14-4-5-14)15-6-7-15)25(38)29-17-11-34(33-22(17)27)13(3)16-10-19(26)31-32-23(16)36/h8-15,20-21H,4-7H2,1-3H3,(H,29,38)(H,30,37)(H,32,36)/t13-,21+/m1/s1. The van der Waals surface area contributed by atoms with Crippen LogP contribution >= 0.6 is 11.6 Å². The van der Waals surface area contributed by atoms with E-state index in [1.807, 2.05) is 13.8 Å². The van der Waals surface area contributed by atoms with Crippen molar-refractivity contribution < 1.29 is 14.0 Å². The number of nitrogens with one attached hydrogen (secondary N) is 3. The van der Waals surface area contributed by atoms with Crippen molar-refractivity contribution in [2.75, 3.05) is 5.32 Å². The largest absolute Gasteiger partial charge is 0.339 e. The normalized spacial score (nSPS) is 17.0. The second-order valence-electron chi connectivity index (χ2n) is 10.4. The third kappa shape index (κ3) is 5.35. The Hall–Kier alpha value is -3.54. The Balaban J connectivity index is 1.39. The molecule has 13 heteroatoms. The van der Waals surface area contributed by atoms with Crippen LogP contribution in [0.25, 0.3) is 0 Å². The molecular weight excluding hydrogens is 515 g/mol. The molecule has 2 saturated carbocycles. The van der Waals surface area contributed by atoms with Crippen LogP contribution in [0.15, 0.2) is 29.3 Å². The number of carbonyl (C=O) groups excluding carboxylic acids is 2. The number of aromatic amines is 1. The van der Waals surface area contributed by atoms with Crippen molar-refractivity contribution in [2.45, 2.75) is 64.6 Å². The zero-order valence-electron chi connectivity index (χ0n) is 21.3. The summed E-state index contributed by atoms with van der Waals surface area (Å²) in [5, 5.41) is 19.7. The summed E-state index contributed by atoms with van der Waals surface area (Å²) in [5.74, 6) is -1.17. The van der Waals surface area contributed by atoms with Crippen molar-refractivity contribution in [1.29, 1.82) is 0 Å². The van der Waals surface area contributed by atoms with E-state index in [4.69, 9.17) is 11.6 Å². The van der Waals surface area contributed by atoms with E-state index in [2.05, 4.69) is 31.0 Å². The topological polar surface area (TPSA) is 140 Å². The molecule has 0 bridgehead atoms. The van der Waals surface area contributed by atoms with E-state index in [-0.39, 0.29) is 28.4 Å². The van der Waals surface area contributed by atoms with E-state index < -0.39 is 35.4 Å². The van der Waals surface area contributed by atoms with Gasteiger partial charge < -0.3 is 10.6 Å². The molecule has 2 fully saturated rings. The highest BCUT2D eigenvalue weighted by atomic mass is 35.5. The van der Waals surface area contributed by atoms with E-state index in [9.17, 15) is 18.8 Å². The Kier molecular flexibility index (Phi) is 7.08. The number of rotatable bonds is 10. The number of carbonyl (C=O) groups is 2. The molecule has 2 amide bonds. The minimum atomic E-state index is -0.904. The first-order chi connectivity index (χ1) is 18.1. The van der Waals surface area contributed by atoms with Gasteiger partial charge in [0, 0.05) is 17.8 Å². The Bertz CT molecular complexity index is 1400. The minimum absolute atomic E-state index is 0.0369. The molecule has 0 saturated heterocycles. The fraction of sp³-hybridized carbons (Fsp3) is 0.520. The maximum absolute atomic E-state index is 14.9. The lowest BCUT2D eigenvalue weighted by molar-refractivity contribution is -0.119. The van der Waals surface area contributed by atoms with E-state index in [0.29, 0.717) is 17.5 Å². The number of amides is 2. The molecule has 3 heterocycles. The number of hydrogen-bond acceptors (Lipinski definition) is 6. The average molecular weight is 545 g/mol. The van der Waals surface area contributed by atoms with Gasteiger partial charge in [-0.25, -0.2) is 5.10 Å². The minimum Gasteiger partial charge on any atom is -0.339 e. The lowest BCUT2D eigenvalue weighted by atomic mass is 9.88. The van der Waals surface area contributed by atoms with Gasteiger partial charge in [-0.1, -0.05) is 11.6 Å². The van der Waals surface area contributed by atoms with Crippen LogP contribution in [0, 0.1) is 23.7 Å². The van der Waals surface area contributed by atoms with E-state index >= 15 is 0 Å². The van der Waals surface area contributed by atoms with E-state index in [1.54, 1.807) is 23.9 Å². The molecule has 3 aromatic heterocycles. The predicted molar refractivity (Wildman–Crippen MR) is 137 cm³/mol. The van der Waals surface area contributed by atoms with Crippen LogP contribution < -0.4 is 16.2 Å². The molecular formula is C25H30ClFN8O3. The maximum atomic E-state index is 14.9. The molecule has 38 heavy (non-hydrogen) atoms.